The number of rotatable bonds is 1. The Kier molecular flexibility index (Phi) is 2.64. The lowest BCUT2D eigenvalue weighted by Crippen LogP contribution is -2.36. The van der Waals surface area contributed by atoms with Crippen molar-refractivity contribution in [3.63, 3.8) is 0 Å². The van der Waals surface area contributed by atoms with Crippen LogP contribution in [-0.4, -0.2) is 4.57 Å². The summed E-state index contributed by atoms with van der Waals surface area (Å²) < 4.78 is 2.33. The van der Waals surface area contributed by atoms with Crippen molar-refractivity contribution in [1.29, 1.82) is 0 Å². The largest absolute Gasteiger partial charge is 0.401 e. The number of nitrogens with zero attached hydrogens (tertiary/aromatic N) is 1. The van der Waals surface area contributed by atoms with Crippen LogP contribution in [0, 0.1) is 5.92 Å². The minimum Gasteiger partial charge on any atom is -0.401 e. The lowest BCUT2D eigenvalue weighted by Gasteiger charge is -2.13. The number of fused-ring (bicyclic) bond motifs is 3. The highest BCUT2D eigenvalue weighted by molar-refractivity contribution is 5.85. The second-order valence-corrected chi connectivity index (χ2v) is 5.82. The number of para-hydroxylation sites is 2. The summed E-state index contributed by atoms with van der Waals surface area (Å²) in [5, 5.41) is 3.70. The first-order chi connectivity index (χ1) is 10.3. The molecule has 2 aromatic carbocycles. The maximum Gasteiger partial charge on any atom is 0.0541 e. The molecule has 0 fully saturated rings. The highest BCUT2D eigenvalue weighted by Crippen LogP contribution is 2.19. The first kappa shape index (κ1) is 12.3. The monoisotopic (exact) mass is 274 g/mol. The van der Waals surface area contributed by atoms with E-state index in [4.69, 9.17) is 5.73 Å². The molecule has 0 radical (unpaired) electrons. The molecule has 1 aliphatic rings. The summed E-state index contributed by atoms with van der Waals surface area (Å²) in [7, 11) is 0. The Labute approximate surface area is 123 Å². The van der Waals surface area contributed by atoms with Crippen LogP contribution in [0.25, 0.3) is 28.4 Å². The van der Waals surface area contributed by atoms with Gasteiger partial charge < -0.3 is 10.3 Å². The van der Waals surface area contributed by atoms with Crippen molar-refractivity contribution in [2.75, 3.05) is 0 Å². The van der Waals surface area contributed by atoms with Crippen molar-refractivity contribution < 1.29 is 0 Å². The van der Waals surface area contributed by atoms with Gasteiger partial charge in [-0.1, -0.05) is 49.4 Å². The molecule has 1 aromatic heterocycles. The van der Waals surface area contributed by atoms with Gasteiger partial charge in [-0.05, 0) is 30.5 Å². The van der Waals surface area contributed by atoms with Gasteiger partial charge in [0.1, 0.15) is 0 Å². The van der Waals surface area contributed by atoms with E-state index in [9.17, 15) is 0 Å². The van der Waals surface area contributed by atoms with E-state index < -0.39 is 0 Å². The van der Waals surface area contributed by atoms with Crippen LogP contribution in [0.1, 0.15) is 13.3 Å². The number of hydrogen-bond donors (Lipinski definition) is 1. The first-order valence-corrected chi connectivity index (χ1v) is 7.41. The highest BCUT2D eigenvalue weighted by Gasteiger charge is 2.16. The SMILES string of the molecule is CC1C=c2c(c3ccccc3n2-c2ccccc2)=C(N)C1. The highest BCUT2D eigenvalue weighted by atomic mass is 15.0. The summed E-state index contributed by atoms with van der Waals surface area (Å²) in [6, 6.07) is 19.0. The third-order valence-corrected chi connectivity index (χ3v) is 4.23. The van der Waals surface area contributed by atoms with Crippen molar-refractivity contribution in [3.05, 3.63) is 65.2 Å². The topological polar surface area (TPSA) is 30.9 Å². The van der Waals surface area contributed by atoms with Gasteiger partial charge in [-0.3, -0.25) is 0 Å². The quantitative estimate of drug-likeness (QED) is 0.726. The molecule has 1 atom stereocenters. The average Bonchev–Trinajstić information content (AvgIpc) is 2.82. The molecule has 2 nitrogen and oxygen atoms in total. The van der Waals surface area contributed by atoms with Crippen molar-refractivity contribution in [1.82, 2.24) is 4.57 Å². The Bertz CT molecular complexity index is 933. The number of aromatic nitrogens is 1. The second-order valence-electron chi connectivity index (χ2n) is 5.82. The van der Waals surface area contributed by atoms with Crippen LogP contribution in [0.3, 0.4) is 0 Å². The van der Waals surface area contributed by atoms with Crippen LogP contribution in [0.2, 0.25) is 0 Å². The minimum atomic E-state index is 0.476. The standard InChI is InChI=1S/C19H18N2/c1-13-11-16(20)19-15-9-5-6-10-17(15)21(18(19)12-13)14-7-3-2-4-8-14/h2-10,12-13H,11,20H2,1H3. The molecule has 0 spiro atoms. The van der Waals surface area contributed by atoms with E-state index in [-0.39, 0.29) is 0 Å². The third kappa shape index (κ3) is 1.79. The van der Waals surface area contributed by atoms with Gasteiger partial charge in [-0.2, -0.15) is 0 Å². The molecular weight excluding hydrogens is 256 g/mol. The number of benzene rings is 2. The lowest BCUT2D eigenvalue weighted by atomic mass is 9.99. The van der Waals surface area contributed by atoms with Crippen LogP contribution in [0.5, 0.6) is 0 Å². The van der Waals surface area contributed by atoms with E-state index in [0.717, 1.165) is 12.1 Å². The zero-order chi connectivity index (χ0) is 14.4. The fourth-order valence-corrected chi connectivity index (χ4v) is 3.39. The van der Waals surface area contributed by atoms with E-state index in [1.807, 2.05) is 0 Å². The summed E-state index contributed by atoms with van der Waals surface area (Å²) >= 11 is 0. The van der Waals surface area contributed by atoms with Crippen molar-refractivity contribution in [3.8, 4) is 5.69 Å². The summed E-state index contributed by atoms with van der Waals surface area (Å²) in [5.41, 5.74) is 9.80. The summed E-state index contributed by atoms with van der Waals surface area (Å²) in [4.78, 5) is 0. The minimum absolute atomic E-state index is 0.476. The lowest BCUT2D eigenvalue weighted by molar-refractivity contribution is 0.770. The molecule has 104 valence electrons. The molecule has 2 heteroatoms. The van der Waals surface area contributed by atoms with Crippen LogP contribution in [-0.2, 0) is 0 Å². The maximum atomic E-state index is 6.38. The molecule has 1 unspecified atom stereocenters. The van der Waals surface area contributed by atoms with Crippen LogP contribution in [0.4, 0.5) is 0 Å². The van der Waals surface area contributed by atoms with E-state index in [2.05, 4.69) is 72.2 Å². The van der Waals surface area contributed by atoms with Crippen molar-refractivity contribution in [2.24, 2.45) is 11.7 Å². The summed E-state index contributed by atoms with van der Waals surface area (Å²) in [5.74, 6) is 0.476. The molecule has 0 amide bonds. The van der Waals surface area contributed by atoms with E-state index >= 15 is 0 Å². The third-order valence-electron chi connectivity index (χ3n) is 4.23. The van der Waals surface area contributed by atoms with Crippen LogP contribution < -0.4 is 16.3 Å². The van der Waals surface area contributed by atoms with E-state index in [1.54, 1.807) is 0 Å². The van der Waals surface area contributed by atoms with Gasteiger partial charge in [0.25, 0.3) is 0 Å². The molecule has 3 aromatic rings. The van der Waals surface area contributed by atoms with Gasteiger partial charge in [0.15, 0.2) is 0 Å². The van der Waals surface area contributed by atoms with Gasteiger partial charge in [0.05, 0.1) is 10.9 Å². The normalized spacial score (nSPS) is 17.6. The maximum absolute atomic E-state index is 6.38. The Morgan fingerprint density at radius 3 is 2.52 bits per heavy atom. The molecule has 0 saturated heterocycles. The molecule has 0 aliphatic heterocycles. The molecule has 4 rings (SSSR count). The molecule has 1 aliphatic carbocycles. The second kappa shape index (κ2) is 4.52. The van der Waals surface area contributed by atoms with Gasteiger partial charge in [0.2, 0.25) is 0 Å². The summed E-state index contributed by atoms with van der Waals surface area (Å²) in [6.45, 7) is 2.22. The van der Waals surface area contributed by atoms with Gasteiger partial charge in [-0.15, -0.1) is 0 Å². The molecule has 0 saturated carbocycles. The van der Waals surface area contributed by atoms with Gasteiger partial charge in [0, 0.05) is 22.0 Å². The number of nitrogens with two attached hydrogens (primary N) is 1. The molecular formula is C19H18N2. The first-order valence-electron chi connectivity index (χ1n) is 7.41. The Morgan fingerprint density at radius 1 is 1.00 bits per heavy atom. The Hall–Kier alpha value is -2.48. The van der Waals surface area contributed by atoms with Gasteiger partial charge >= 0.3 is 0 Å². The average molecular weight is 274 g/mol. The predicted octanol–water partition coefficient (Wildman–Crippen LogP) is 2.52. The summed E-state index contributed by atoms with van der Waals surface area (Å²) in [6.07, 6.45) is 3.29. The van der Waals surface area contributed by atoms with E-state index in [0.29, 0.717) is 5.92 Å². The van der Waals surface area contributed by atoms with Crippen molar-refractivity contribution in [2.45, 2.75) is 13.3 Å². The predicted molar refractivity (Wildman–Crippen MR) is 88.4 cm³/mol. The van der Waals surface area contributed by atoms with Crippen molar-refractivity contribution >= 4 is 22.7 Å². The smallest absolute Gasteiger partial charge is 0.0541 e. The fraction of sp³-hybridized carbons (Fsp3) is 0.158. The zero-order valence-corrected chi connectivity index (χ0v) is 12.1. The molecule has 2 N–H and O–H groups in total. The Morgan fingerprint density at radius 2 is 1.71 bits per heavy atom. The van der Waals surface area contributed by atoms with Crippen LogP contribution in [0.15, 0.2) is 54.6 Å². The Balaban J connectivity index is 2.26. The zero-order valence-electron chi connectivity index (χ0n) is 12.1. The molecule has 0 bridgehead atoms. The van der Waals surface area contributed by atoms with Crippen LogP contribution >= 0.6 is 0 Å². The number of hydrogen-bond acceptors (Lipinski definition) is 1. The fourth-order valence-electron chi connectivity index (χ4n) is 3.39. The molecule has 21 heavy (non-hydrogen) atoms. The van der Waals surface area contributed by atoms with Gasteiger partial charge in [-0.25, -0.2) is 0 Å². The molecule has 1 heterocycles. The van der Waals surface area contributed by atoms with E-state index in [1.165, 1.54) is 27.2 Å².